The number of carbonyl (C=O) groups is 1. The molecular formula is C16H19N3O2. The smallest absolute Gasteiger partial charge is 0.316 e. The van der Waals surface area contributed by atoms with E-state index in [4.69, 9.17) is 4.74 Å². The van der Waals surface area contributed by atoms with E-state index < -0.39 is 0 Å². The van der Waals surface area contributed by atoms with Crippen molar-refractivity contribution >= 4 is 5.97 Å². The first-order chi connectivity index (χ1) is 10.3. The number of hydrogen-bond donors (Lipinski definition) is 1. The fourth-order valence-electron chi connectivity index (χ4n) is 3.07. The standard InChI is InChI=1S/C16H19N3O2/c1-21-16(20)13(11-7-5-6-8-11)15-17-14(18-19-15)12-9-3-2-4-10-12/h2-4,9-11,13H,5-8H2,1H3,(H,17,18,19). The monoisotopic (exact) mass is 285 g/mol. The van der Waals surface area contributed by atoms with Crippen molar-refractivity contribution in [1.29, 1.82) is 0 Å². The molecule has 1 fully saturated rings. The molecule has 2 aromatic rings. The molecule has 0 aliphatic heterocycles. The van der Waals surface area contributed by atoms with Crippen LogP contribution in [0.15, 0.2) is 30.3 Å². The molecule has 3 rings (SSSR count). The van der Waals surface area contributed by atoms with E-state index in [1.165, 1.54) is 7.11 Å². The summed E-state index contributed by atoms with van der Waals surface area (Å²) in [5.74, 6) is 0.985. The lowest BCUT2D eigenvalue weighted by Crippen LogP contribution is -2.22. The van der Waals surface area contributed by atoms with Gasteiger partial charge in [-0.25, -0.2) is 4.98 Å². The highest BCUT2D eigenvalue weighted by Crippen LogP contribution is 2.37. The maximum absolute atomic E-state index is 12.1. The minimum absolute atomic E-state index is 0.224. The topological polar surface area (TPSA) is 67.9 Å². The first-order valence-corrected chi connectivity index (χ1v) is 7.35. The van der Waals surface area contributed by atoms with Crippen molar-refractivity contribution in [3.8, 4) is 11.4 Å². The van der Waals surface area contributed by atoms with Crippen LogP contribution in [0.4, 0.5) is 0 Å². The zero-order valence-electron chi connectivity index (χ0n) is 12.1. The van der Waals surface area contributed by atoms with Gasteiger partial charge in [-0.2, -0.15) is 5.10 Å². The van der Waals surface area contributed by atoms with Crippen molar-refractivity contribution in [1.82, 2.24) is 15.2 Å². The number of rotatable bonds is 4. The maximum Gasteiger partial charge on any atom is 0.316 e. The van der Waals surface area contributed by atoms with Crippen LogP contribution in [0.25, 0.3) is 11.4 Å². The van der Waals surface area contributed by atoms with Gasteiger partial charge in [0.2, 0.25) is 0 Å². The fourth-order valence-corrected chi connectivity index (χ4v) is 3.07. The Morgan fingerprint density at radius 2 is 2.00 bits per heavy atom. The van der Waals surface area contributed by atoms with Crippen molar-refractivity contribution in [3.63, 3.8) is 0 Å². The molecule has 0 bridgehead atoms. The lowest BCUT2D eigenvalue weighted by Gasteiger charge is -2.18. The molecule has 1 N–H and O–H groups in total. The molecule has 5 heteroatoms. The molecule has 110 valence electrons. The van der Waals surface area contributed by atoms with E-state index in [-0.39, 0.29) is 11.9 Å². The van der Waals surface area contributed by atoms with Crippen LogP contribution in [-0.2, 0) is 9.53 Å². The Labute approximate surface area is 123 Å². The molecule has 1 aliphatic carbocycles. The van der Waals surface area contributed by atoms with Crippen LogP contribution < -0.4 is 0 Å². The summed E-state index contributed by atoms with van der Waals surface area (Å²) in [6.07, 6.45) is 4.41. The van der Waals surface area contributed by atoms with Crippen LogP contribution in [0.5, 0.6) is 0 Å². The van der Waals surface area contributed by atoms with Gasteiger partial charge in [-0.1, -0.05) is 43.2 Å². The number of carbonyl (C=O) groups excluding carboxylic acids is 1. The fraction of sp³-hybridized carbons (Fsp3) is 0.438. The summed E-state index contributed by atoms with van der Waals surface area (Å²) in [6, 6.07) is 9.75. The van der Waals surface area contributed by atoms with Gasteiger partial charge in [0.25, 0.3) is 0 Å². The number of H-pyrrole nitrogens is 1. The quantitative estimate of drug-likeness (QED) is 0.877. The summed E-state index contributed by atoms with van der Waals surface area (Å²) >= 11 is 0. The number of aromatic nitrogens is 3. The third kappa shape index (κ3) is 2.82. The van der Waals surface area contributed by atoms with Gasteiger partial charge >= 0.3 is 5.97 Å². The average molecular weight is 285 g/mol. The molecule has 0 radical (unpaired) electrons. The Bertz CT molecular complexity index is 603. The average Bonchev–Trinajstić information content (AvgIpc) is 3.20. The van der Waals surface area contributed by atoms with Crippen LogP contribution in [0.1, 0.15) is 37.4 Å². The molecule has 1 atom stereocenters. The van der Waals surface area contributed by atoms with Gasteiger partial charge in [-0.3, -0.25) is 9.89 Å². The van der Waals surface area contributed by atoms with Gasteiger partial charge < -0.3 is 4.74 Å². The lowest BCUT2D eigenvalue weighted by molar-refractivity contribution is -0.144. The number of hydrogen-bond acceptors (Lipinski definition) is 4. The van der Waals surface area contributed by atoms with Crippen LogP contribution in [0.2, 0.25) is 0 Å². The predicted molar refractivity (Wildman–Crippen MR) is 78.5 cm³/mol. The summed E-state index contributed by atoms with van der Waals surface area (Å²) in [7, 11) is 1.43. The number of nitrogens with zero attached hydrogens (tertiary/aromatic N) is 2. The molecule has 0 saturated heterocycles. The summed E-state index contributed by atoms with van der Waals surface area (Å²) in [5, 5.41) is 7.19. The zero-order valence-corrected chi connectivity index (χ0v) is 12.1. The number of methoxy groups -OCH3 is 1. The highest BCUT2D eigenvalue weighted by molar-refractivity contribution is 5.77. The predicted octanol–water partition coefficient (Wildman–Crippen LogP) is 2.92. The highest BCUT2D eigenvalue weighted by atomic mass is 16.5. The summed E-state index contributed by atoms with van der Waals surface area (Å²) in [6.45, 7) is 0. The Hall–Kier alpha value is -2.17. The van der Waals surface area contributed by atoms with Crippen molar-refractivity contribution < 1.29 is 9.53 Å². The largest absolute Gasteiger partial charge is 0.468 e. The van der Waals surface area contributed by atoms with E-state index in [2.05, 4.69) is 15.2 Å². The lowest BCUT2D eigenvalue weighted by atomic mass is 9.90. The molecule has 5 nitrogen and oxygen atoms in total. The molecule has 21 heavy (non-hydrogen) atoms. The van der Waals surface area contributed by atoms with Crippen molar-refractivity contribution in [2.24, 2.45) is 5.92 Å². The molecule has 1 aromatic heterocycles. The van der Waals surface area contributed by atoms with E-state index in [0.717, 1.165) is 31.2 Å². The minimum atomic E-state index is -0.331. The molecule has 1 unspecified atom stereocenters. The minimum Gasteiger partial charge on any atom is -0.468 e. The van der Waals surface area contributed by atoms with E-state index in [9.17, 15) is 4.79 Å². The van der Waals surface area contributed by atoms with E-state index >= 15 is 0 Å². The van der Waals surface area contributed by atoms with Gasteiger partial charge in [0.1, 0.15) is 11.7 Å². The van der Waals surface area contributed by atoms with Gasteiger partial charge in [0.05, 0.1) is 7.11 Å². The van der Waals surface area contributed by atoms with Crippen LogP contribution in [0.3, 0.4) is 0 Å². The Kier molecular flexibility index (Phi) is 3.99. The first kappa shape index (κ1) is 13.8. The summed E-state index contributed by atoms with van der Waals surface area (Å²) < 4.78 is 4.97. The Morgan fingerprint density at radius 3 is 2.67 bits per heavy atom. The van der Waals surface area contributed by atoms with E-state index in [1.807, 2.05) is 30.3 Å². The molecule has 1 saturated carbocycles. The third-order valence-electron chi connectivity index (χ3n) is 4.16. The van der Waals surface area contributed by atoms with Crippen LogP contribution in [0, 0.1) is 5.92 Å². The molecule has 0 spiro atoms. The van der Waals surface area contributed by atoms with Crippen molar-refractivity contribution in [2.45, 2.75) is 31.6 Å². The highest BCUT2D eigenvalue weighted by Gasteiger charge is 2.35. The van der Waals surface area contributed by atoms with E-state index in [0.29, 0.717) is 17.6 Å². The first-order valence-electron chi connectivity index (χ1n) is 7.35. The third-order valence-corrected chi connectivity index (χ3v) is 4.16. The van der Waals surface area contributed by atoms with Crippen LogP contribution >= 0.6 is 0 Å². The summed E-state index contributed by atoms with van der Waals surface area (Å²) in [4.78, 5) is 16.7. The second-order valence-corrected chi connectivity index (χ2v) is 5.46. The van der Waals surface area contributed by atoms with Crippen molar-refractivity contribution in [3.05, 3.63) is 36.2 Å². The SMILES string of the molecule is COC(=O)C(c1nc(-c2ccccc2)n[nH]1)C1CCCC1. The molecule has 1 aliphatic rings. The zero-order chi connectivity index (χ0) is 14.7. The van der Waals surface area contributed by atoms with Crippen LogP contribution in [-0.4, -0.2) is 28.3 Å². The molecule has 1 aromatic carbocycles. The normalized spacial score (nSPS) is 16.8. The molecular weight excluding hydrogens is 266 g/mol. The van der Waals surface area contributed by atoms with Crippen molar-refractivity contribution in [2.75, 3.05) is 7.11 Å². The maximum atomic E-state index is 12.1. The second kappa shape index (κ2) is 6.08. The Morgan fingerprint density at radius 1 is 1.29 bits per heavy atom. The van der Waals surface area contributed by atoms with Gasteiger partial charge in [-0.05, 0) is 18.8 Å². The molecule has 1 heterocycles. The molecule has 0 amide bonds. The number of esters is 1. The summed E-state index contributed by atoms with van der Waals surface area (Å²) in [5.41, 5.74) is 0.940. The number of benzene rings is 1. The number of aromatic amines is 1. The van der Waals surface area contributed by atoms with E-state index in [1.54, 1.807) is 0 Å². The number of ether oxygens (including phenoxy) is 1. The Balaban J connectivity index is 1.89. The van der Waals surface area contributed by atoms with Gasteiger partial charge in [0.15, 0.2) is 5.82 Å². The second-order valence-electron chi connectivity index (χ2n) is 5.46. The van der Waals surface area contributed by atoms with Gasteiger partial charge in [0, 0.05) is 5.56 Å². The van der Waals surface area contributed by atoms with Gasteiger partial charge in [-0.15, -0.1) is 0 Å². The number of nitrogens with one attached hydrogen (secondary N) is 1.